The number of hydrogen-bond donors (Lipinski definition) is 1. The molecule has 2 atom stereocenters. The van der Waals surface area contributed by atoms with Crippen molar-refractivity contribution in [3.05, 3.63) is 60.6 Å². The van der Waals surface area contributed by atoms with Crippen molar-refractivity contribution in [3.63, 3.8) is 0 Å². The number of carbonyl (C=O) groups excluding carboxylic acids is 1. The zero-order valence-corrected chi connectivity index (χ0v) is 14.7. The molecule has 6 nitrogen and oxygen atoms in total. The minimum Gasteiger partial charge on any atom is -0.371 e. The van der Waals surface area contributed by atoms with Crippen molar-refractivity contribution in [1.82, 2.24) is 19.7 Å². The van der Waals surface area contributed by atoms with E-state index in [9.17, 15) is 27.5 Å². The molecule has 3 heterocycles. The van der Waals surface area contributed by atoms with Crippen LogP contribution in [-0.2, 0) is 11.0 Å². The summed E-state index contributed by atoms with van der Waals surface area (Å²) in [6.07, 6.45) is -3.36. The second kappa shape index (κ2) is 6.96. The first kappa shape index (κ1) is 19.1. The van der Waals surface area contributed by atoms with Gasteiger partial charge in [0.05, 0.1) is 18.4 Å². The molecule has 10 heteroatoms. The van der Waals surface area contributed by atoms with Crippen LogP contribution in [0.25, 0.3) is 22.3 Å². The van der Waals surface area contributed by atoms with Gasteiger partial charge in [-0.05, 0) is 24.3 Å². The van der Waals surface area contributed by atoms with E-state index >= 15 is 0 Å². The van der Waals surface area contributed by atoms with E-state index in [0.717, 1.165) is 17.0 Å². The maximum Gasteiger partial charge on any atom is 0.416 e. The summed E-state index contributed by atoms with van der Waals surface area (Å²) in [6.45, 7) is 0.0874. The molecule has 0 bridgehead atoms. The largest absolute Gasteiger partial charge is 0.416 e. The van der Waals surface area contributed by atoms with E-state index < -0.39 is 29.9 Å². The molecular formula is C19H14F4N4O2. The van der Waals surface area contributed by atoms with Gasteiger partial charge in [-0.1, -0.05) is 12.1 Å². The van der Waals surface area contributed by atoms with Gasteiger partial charge in [0.2, 0.25) is 0 Å². The lowest BCUT2D eigenvalue weighted by Crippen LogP contribution is -2.58. The number of likely N-dealkylation sites (tertiary alicyclic amines) is 1. The number of fused-ring (bicyclic) bond motifs is 1. The summed E-state index contributed by atoms with van der Waals surface area (Å²) in [6, 6.07) is 7.35. The number of pyridine rings is 1. The highest BCUT2D eigenvalue weighted by atomic mass is 19.4. The van der Waals surface area contributed by atoms with E-state index in [1.807, 2.05) is 0 Å². The molecule has 1 aromatic carbocycles. The average Bonchev–Trinajstić information content (AvgIpc) is 3.06. The maximum absolute atomic E-state index is 12.8. The van der Waals surface area contributed by atoms with Gasteiger partial charge in [-0.2, -0.15) is 18.3 Å². The Morgan fingerprint density at radius 1 is 1.21 bits per heavy atom. The molecule has 1 aliphatic heterocycles. The Labute approximate surface area is 161 Å². The van der Waals surface area contributed by atoms with Gasteiger partial charge in [-0.15, -0.1) is 0 Å². The summed E-state index contributed by atoms with van der Waals surface area (Å²) >= 11 is 0. The standard InChI is InChI=1S/C19H14F4N4O2/c20-8-7-15(28)26-10-14(18(26)29)27-17-13(2-1-9-24-17)16(25-27)11-3-5-12(6-4-11)19(21,22)23/h1-9,14,18,29H,10H2. The summed E-state index contributed by atoms with van der Waals surface area (Å²) < 4.78 is 52.1. The molecule has 2 aromatic heterocycles. The molecule has 0 radical (unpaired) electrons. The number of nitrogens with zero attached hydrogens (tertiary/aromatic N) is 4. The van der Waals surface area contributed by atoms with Crippen LogP contribution in [-0.4, -0.2) is 43.5 Å². The highest BCUT2D eigenvalue weighted by molar-refractivity contribution is 5.91. The van der Waals surface area contributed by atoms with E-state index in [0.29, 0.717) is 28.4 Å². The third-order valence-corrected chi connectivity index (χ3v) is 4.80. The van der Waals surface area contributed by atoms with E-state index in [1.54, 1.807) is 12.1 Å². The summed E-state index contributed by atoms with van der Waals surface area (Å²) in [5.41, 5.74) is 0.506. The lowest BCUT2D eigenvalue weighted by molar-refractivity contribution is -0.161. The number of rotatable bonds is 3. The van der Waals surface area contributed by atoms with Crippen LogP contribution in [0.4, 0.5) is 17.6 Å². The van der Waals surface area contributed by atoms with Crippen LogP contribution in [0.1, 0.15) is 11.6 Å². The summed E-state index contributed by atoms with van der Waals surface area (Å²) in [7, 11) is 0. The first-order valence-corrected chi connectivity index (χ1v) is 8.57. The number of amides is 1. The van der Waals surface area contributed by atoms with Gasteiger partial charge >= 0.3 is 6.18 Å². The Hall–Kier alpha value is -3.27. The van der Waals surface area contributed by atoms with Crippen molar-refractivity contribution in [2.24, 2.45) is 0 Å². The second-order valence-corrected chi connectivity index (χ2v) is 6.51. The van der Waals surface area contributed by atoms with E-state index in [-0.39, 0.29) is 12.9 Å². The number of alkyl halides is 3. The highest BCUT2D eigenvalue weighted by Crippen LogP contribution is 2.35. The van der Waals surface area contributed by atoms with Gasteiger partial charge in [0.1, 0.15) is 11.7 Å². The monoisotopic (exact) mass is 406 g/mol. The van der Waals surface area contributed by atoms with Gasteiger partial charge in [0, 0.05) is 23.2 Å². The SMILES string of the molecule is O=C(C=CF)N1CC(n2nc(-c3ccc(C(F)(F)F)cc3)c3cccnc32)C1O. The third kappa shape index (κ3) is 3.25. The molecule has 4 rings (SSSR count). The van der Waals surface area contributed by atoms with Gasteiger partial charge in [0.25, 0.3) is 5.91 Å². The van der Waals surface area contributed by atoms with Crippen molar-refractivity contribution in [2.75, 3.05) is 6.54 Å². The van der Waals surface area contributed by atoms with Crippen LogP contribution >= 0.6 is 0 Å². The summed E-state index contributed by atoms with van der Waals surface area (Å²) in [5, 5.41) is 15.4. The number of aliphatic hydroxyl groups excluding tert-OH is 1. The predicted molar refractivity (Wildman–Crippen MR) is 95.0 cm³/mol. The summed E-state index contributed by atoms with van der Waals surface area (Å²) in [4.78, 5) is 17.0. The third-order valence-electron chi connectivity index (χ3n) is 4.80. The van der Waals surface area contributed by atoms with Crippen molar-refractivity contribution >= 4 is 16.9 Å². The molecule has 0 spiro atoms. The minimum absolute atomic E-state index is 0.0874. The van der Waals surface area contributed by atoms with E-state index in [1.165, 1.54) is 23.0 Å². The highest BCUT2D eigenvalue weighted by Gasteiger charge is 2.43. The minimum atomic E-state index is -4.44. The molecule has 0 aliphatic carbocycles. The average molecular weight is 406 g/mol. The normalized spacial score (nSPS) is 19.7. The Morgan fingerprint density at radius 2 is 1.93 bits per heavy atom. The van der Waals surface area contributed by atoms with Gasteiger partial charge < -0.3 is 10.0 Å². The van der Waals surface area contributed by atoms with Crippen LogP contribution in [0.3, 0.4) is 0 Å². The Bertz CT molecular complexity index is 1090. The van der Waals surface area contributed by atoms with E-state index in [2.05, 4.69) is 10.1 Å². The maximum atomic E-state index is 12.8. The topological polar surface area (TPSA) is 71.2 Å². The quantitative estimate of drug-likeness (QED) is 0.535. The van der Waals surface area contributed by atoms with Crippen LogP contribution < -0.4 is 0 Å². The molecule has 2 unspecified atom stereocenters. The fourth-order valence-electron chi connectivity index (χ4n) is 3.28. The lowest BCUT2D eigenvalue weighted by atomic mass is 10.1. The number of carbonyl (C=O) groups is 1. The molecule has 29 heavy (non-hydrogen) atoms. The van der Waals surface area contributed by atoms with Crippen LogP contribution in [0.5, 0.6) is 0 Å². The number of aromatic nitrogens is 3. The van der Waals surface area contributed by atoms with Gasteiger partial charge in [-0.3, -0.25) is 4.79 Å². The van der Waals surface area contributed by atoms with Crippen LogP contribution in [0.15, 0.2) is 55.0 Å². The number of benzene rings is 1. The fourth-order valence-corrected chi connectivity index (χ4v) is 3.28. The molecule has 1 N–H and O–H groups in total. The smallest absolute Gasteiger partial charge is 0.371 e. The molecule has 1 fully saturated rings. The van der Waals surface area contributed by atoms with Crippen molar-refractivity contribution in [2.45, 2.75) is 18.4 Å². The summed E-state index contributed by atoms with van der Waals surface area (Å²) in [5.74, 6) is -0.677. The zero-order valence-electron chi connectivity index (χ0n) is 14.7. The lowest BCUT2D eigenvalue weighted by Gasteiger charge is -2.43. The molecule has 1 saturated heterocycles. The van der Waals surface area contributed by atoms with Gasteiger partial charge in [-0.25, -0.2) is 14.1 Å². The Morgan fingerprint density at radius 3 is 2.55 bits per heavy atom. The fraction of sp³-hybridized carbons (Fsp3) is 0.211. The molecule has 1 aliphatic rings. The van der Waals surface area contributed by atoms with Crippen molar-refractivity contribution < 1.29 is 27.5 Å². The molecular weight excluding hydrogens is 392 g/mol. The molecule has 150 valence electrons. The number of aliphatic hydroxyl groups is 1. The second-order valence-electron chi connectivity index (χ2n) is 6.51. The molecule has 3 aromatic rings. The van der Waals surface area contributed by atoms with Crippen LogP contribution in [0.2, 0.25) is 0 Å². The van der Waals surface area contributed by atoms with Crippen LogP contribution in [0, 0.1) is 0 Å². The van der Waals surface area contributed by atoms with E-state index in [4.69, 9.17) is 0 Å². The Kier molecular flexibility index (Phi) is 4.58. The zero-order chi connectivity index (χ0) is 20.8. The predicted octanol–water partition coefficient (Wildman–Crippen LogP) is 3.30. The first-order chi connectivity index (χ1) is 13.8. The molecule has 0 saturated carbocycles. The van der Waals surface area contributed by atoms with Crippen molar-refractivity contribution in [3.8, 4) is 11.3 Å². The number of hydrogen-bond acceptors (Lipinski definition) is 4. The van der Waals surface area contributed by atoms with Gasteiger partial charge in [0.15, 0.2) is 11.9 Å². The molecule has 1 amide bonds. The Balaban J connectivity index is 1.71. The van der Waals surface area contributed by atoms with Crippen molar-refractivity contribution in [1.29, 1.82) is 0 Å². The number of halogens is 4. The first-order valence-electron chi connectivity index (χ1n) is 8.57.